The molecule has 0 unspecified atom stereocenters. The molecule has 0 aliphatic heterocycles. The number of hydrogen-bond acceptors (Lipinski definition) is 4. The van der Waals surface area contributed by atoms with E-state index in [-0.39, 0.29) is 17.5 Å². The van der Waals surface area contributed by atoms with E-state index >= 15 is 0 Å². The molecule has 0 aliphatic rings. The SMILES string of the molecule is N#Cc1cn(-c2ccccc2)c(=O)n(SC(F)(Cl)Cl)c1=O. The molecule has 0 bridgehead atoms. The Morgan fingerprint density at radius 3 is 2.38 bits per heavy atom. The van der Waals surface area contributed by atoms with Crippen LogP contribution >= 0.6 is 35.1 Å². The summed E-state index contributed by atoms with van der Waals surface area (Å²) >= 11 is 10.3. The van der Waals surface area contributed by atoms with Crippen LogP contribution in [-0.2, 0) is 0 Å². The van der Waals surface area contributed by atoms with Crippen LogP contribution in [0.4, 0.5) is 4.39 Å². The van der Waals surface area contributed by atoms with Gasteiger partial charge in [-0.25, -0.2) is 4.79 Å². The average Bonchev–Trinajstić information content (AvgIpc) is 2.44. The van der Waals surface area contributed by atoms with Gasteiger partial charge in [0.15, 0.2) is 0 Å². The number of halogens is 3. The van der Waals surface area contributed by atoms with Crippen molar-refractivity contribution in [2.45, 2.75) is 3.92 Å². The van der Waals surface area contributed by atoms with Gasteiger partial charge in [0, 0.05) is 18.1 Å². The first-order chi connectivity index (χ1) is 9.83. The van der Waals surface area contributed by atoms with Crippen LogP contribution in [0.15, 0.2) is 46.1 Å². The summed E-state index contributed by atoms with van der Waals surface area (Å²) in [5, 5.41) is 8.96. The van der Waals surface area contributed by atoms with E-state index in [0.29, 0.717) is 9.66 Å². The van der Waals surface area contributed by atoms with E-state index in [1.807, 2.05) is 0 Å². The van der Waals surface area contributed by atoms with Crippen molar-refractivity contribution < 1.29 is 4.39 Å². The minimum Gasteiger partial charge on any atom is -0.267 e. The molecule has 2 aromatic rings. The first-order valence-corrected chi connectivity index (χ1v) is 6.97. The fourth-order valence-corrected chi connectivity index (χ4v) is 2.54. The van der Waals surface area contributed by atoms with Crippen molar-refractivity contribution in [3.05, 3.63) is 62.9 Å². The molecule has 5 nitrogen and oxygen atoms in total. The summed E-state index contributed by atoms with van der Waals surface area (Å²) in [6.45, 7) is 0. The van der Waals surface area contributed by atoms with Gasteiger partial charge in [0.1, 0.15) is 11.6 Å². The number of benzene rings is 1. The number of para-hydroxylation sites is 1. The van der Waals surface area contributed by atoms with Crippen LogP contribution < -0.4 is 11.2 Å². The monoisotopic (exact) mass is 345 g/mol. The van der Waals surface area contributed by atoms with Crippen molar-refractivity contribution in [3.63, 3.8) is 0 Å². The minimum absolute atomic E-state index is 0.0237. The van der Waals surface area contributed by atoms with Gasteiger partial charge >= 0.3 is 9.61 Å². The van der Waals surface area contributed by atoms with Crippen LogP contribution in [0.5, 0.6) is 0 Å². The molecule has 108 valence electrons. The predicted molar refractivity (Wildman–Crippen MR) is 79.5 cm³/mol. The van der Waals surface area contributed by atoms with Gasteiger partial charge in [-0.15, -0.1) is 0 Å². The molecule has 1 aromatic heterocycles. The molecule has 0 fully saturated rings. The maximum absolute atomic E-state index is 13.3. The smallest absolute Gasteiger partial charge is 0.267 e. The molecule has 1 heterocycles. The first-order valence-electron chi connectivity index (χ1n) is 5.44. The Morgan fingerprint density at radius 2 is 1.86 bits per heavy atom. The topological polar surface area (TPSA) is 67.8 Å². The summed E-state index contributed by atoms with van der Waals surface area (Å²) in [4.78, 5) is 24.2. The zero-order chi connectivity index (χ0) is 15.6. The van der Waals surface area contributed by atoms with Gasteiger partial charge in [0.2, 0.25) is 0 Å². The number of aromatic nitrogens is 2. The molecular formula is C12H6Cl2FN3O2S. The Hall–Kier alpha value is -1.75. The van der Waals surface area contributed by atoms with E-state index in [0.717, 1.165) is 10.8 Å². The lowest BCUT2D eigenvalue weighted by Gasteiger charge is -2.12. The lowest BCUT2D eigenvalue weighted by molar-refractivity contribution is 0.513. The first kappa shape index (κ1) is 15.6. The maximum atomic E-state index is 13.3. The van der Waals surface area contributed by atoms with Crippen LogP contribution in [0.3, 0.4) is 0 Å². The maximum Gasteiger partial charge on any atom is 0.346 e. The molecule has 0 saturated heterocycles. The molecule has 0 radical (unpaired) electrons. The fraction of sp³-hybridized carbons (Fsp3) is 0.0833. The van der Waals surface area contributed by atoms with Crippen molar-refractivity contribution in [2.24, 2.45) is 0 Å². The highest BCUT2D eigenvalue weighted by Gasteiger charge is 2.28. The number of nitriles is 1. The summed E-state index contributed by atoms with van der Waals surface area (Å²) in [7, 11) is 0. The molecular weight excluding hydrogens is 340 g/mol. The fourth-order valence-electron chi connectivity index (χ4n) is 1.57. The molecule has 0 spiro atoms. The largest absolute Gasteiger partial charge is 0.346 e. The Labute approximate surface area is 132 Å². The van der Waals surface area contributed by atoms with Crippen LogP contribution in [0, 0.1) is 11.3 Å². The summed E-state index contributed by atoms with van der Waals surface area (Å²) in [5.74, 6) is 0. The number of nitrogens with zero attached hydrogens (tertiary/aromatic N) is 3. The Balaban J connectivity index is 2.75. The second-order valence-electron chi connectivity index (χ2n) is 3.78. The van der Waals surface area contributed by atoms with Crippen molar-refractivity contribution in [2.75, 3.05) is 0 Å². The minimum atomic E-state index is -2.88. The van der Waals surface area contributed by atoms with Crippen LogP contribution in [0.2, 0.25) is 0 Å². The lowest BCUT2D eigenvalue weighted by Crippen LogP contribution is -2.38. The molecule has 2 rings (SSSR count). The van der Waals surface area contributed by atoms with Gasteiger partial charge in [0.25, 0.3) is 5.56 Å². The van der Waals surface area contributed by atoms with Gasteiger partial charge in [-0.2, -0.15) is 13.6 Å². The average molecular weight is 346 g/mol. The van der Waals surface area contributed by atoms with Crippen molar-refractivity contribution >= 4 is 35.1 Å². The molecule has 9 heteroatoms. The molecule has 0 amide bonds. The number of alkyl halides is 3. The Bertz CT molecular complexity index is 822. The Morgan fingerprint density at radius 1 is 1.24 bits per heavy atom. The van der Waals surface area contributed by atoms with Gasteiger partial charge in [-0.3, -0.25) is 9.36 Å². The molecule has 0 N–H and O–H groups in total. The van der Waals surface area contributed by atoms with Crippen LogP contribution in [0.25, 0.3) is 5.69 Å². The van der Waals surface area contributed by atoms with Crippen molar-refractivity contribution in [1.82, 2.24) is 8.54 Å². The van der Waals surface area contributed by atoms with Gasteiger partial charge < -0.3 is 0 Å². The second kappa shape index (κ2) is 5.93. The number of hydrogen-bond donors (Lipinski definition) is 0. The van der Waals surface area contributed by atoms with Gasteiger partial charge in [-0.1, -0.05) is 41.4 Å². The molecule has 0 saturated carbocycles. The van der Waals surface area contributed by atoms with Gasteiger partial charge in [0.05, 0.1) is 5.69 Å². The van der Waals surface area contributed by atoms with Crippen LogP contribution in [-0.4, -0.2) is 12.5 Å². The van der Waals surface area contributed by atoms with Crippen molar-refractivity contribution in [1.29, 1.82) is 5.26 Å². The van der Waals surface area contributed by atoms with E-state index in [1.165, 1.54) is 0 Å². The van der Waals surface area contributed by atoms with Crippen molar-refractivity contribution in [3.8, 4) is 11.8 Å². The predicted octanol–water partition coefficient (Wildman–Crippen LogP) is 2.43. The second-order valence-corrected chi connectivity index (χ2v) is 6.57. The van der Waals surface area contributed by atoms with Crippen LogP contribution in [0.1, 0.15) is 5.56 Å². The van der Waals surface area contributed by atoms with E-state index in [2.05, 4.69) is 0 Å². The van der Waals surface area contributed by atoms with Gasteiger partial charge in [-0.05, 0) is 12.1 Å². The lowest BCUT2D eigenvalue weighted by atomic mass is 10.3. The molecule has 21 heavy (non-hydrogen) atoms. The van der Waals surface area contributed by atoms with E-state index < -0.39 is 15.2 Å². The standard InChI is InChI=1S/C12H6Cl2FN3O2S/c13-12(14,15)21-18-10(19)8(6-16)7-17(11(18)20)9-4-2-1-3-5-9/h1-5,7H. The Kier molecular flexibility index (Phi) is 4.42. The highest BCUT2D eigenvalue weighted by molar-refractivity contribution is 8.01. The van der Waals surface area contributed by atoms with E-state index in [9.17, 15) is 14.0 Å². The zero-order valence-corrected chi connectivity index (χ0v) is 12.5. The summed E-state index contributed by atoms with van der Waals surface area (Å²) in [5.41, 5.74) is -1.80. The molecule has 0 aliphatic carbocycles. The summed E-state index contributed by atoms with van der Waals surface area (Å²) in [6.07, 6.45) is 1.08. The number of rotatable bonds is 3. The highest BCUT2D eigenvalue weighted by Crippen LogP contribution is 2.35. The highest BCUT2D eigenvalue weighted by atomic mass is 35.5. The third-order valence-corrected chi connectivity index (χ3v) is 3.53. The molecule has 1 aromatic carbocycles. The third kappa shape index (κ3) is 3.47. The normalized spacial score (nSPS) is 11.1. The van der Waals surface area contributed by atoms with E-state index in [4.69, 9.17) is 28.5 Å². The molecule has 0 atom stereocenters. The third-order valence-electron chi connectivity index (χ3n) is 2.40. The summed E-state index contributed by atoms with van der Waals surface area (Å²) < 4.78 is 11.9. The van der Waals surface area contributed by atoms with E-state index in [1.54, 1.807) is 36.4 Å². The quantitative estimate of drug-likeness (QED) is 0.801. The summed E-state index contributed by atoms with van der Waals surface area (Å²) in [6, 6.07) is 9.88. The zero-order valence-electron chi connectivity index (χ0n) is 10.2.